The minimum absolute atomic E-state index is 0.0630. The Balaban J connectivity index is 1.45. The first-order chi connectivity index (χ1) is 13.6. The summed E-state index contributed by atoms with van der Waals surface area (Å²) in [6.45, 7) is 3.49. The molecule has 0 bridgehead atoms. The zero-order valence-electron chi connectivity index (χ0n) is 15.9. The highest BCUT2D eigenvalue weighted by atomic mass is 32.2. The van der Waals surface area contributed by atoms with Gasteiger partial charge in [0.2, 0.25) is 5.91 Å². The van der Waals surface area contributed by atoms with Gasteiger partial charge in [-0.2, -0.15) is 0 Å². The highest BCUT2D eigenvalue weighted by Gasteiger charge is 2.12. The van der Waals surface area contributed by atoms with Gasteiger partial charge in [0.15, 0.2) is 0 Å². The first-order valence-corrected chi connectivity index (χ1v) is 10.4. The number of thioether (sulfide) groups is 1. The molecule has 0 fully saturated rings. The molecule has 0 aliphatic rings. The topological polar surface area (TPSA) is 56.0 Å². The van der Waals surface area contributed by atoms with Crippen LogP contribution in [0.25, 0.3) is 11.0 Å². The van der Waals surface area contributed by atoms with Gasteiger partial charge in [-0.25, -0.2) is 9.18 Å². The molecule has 7 heteroatoms. The van der Waals surface area contributed by atoms with Gasteiger partial charge in [0.1, 0.15) is 5.82 Å². The lowest BCUT2D eigenvalue weighted by atomic mass is 10.3. The number of aryl methyl sites for hydroxylation is 2. The van der Waals surface area contributed by atoms with Crippen molar-refractivity contribution in [3.05, 3.63) is 64.8 Å². The lowest BCUT2D eigenvalue weighted by Gasteiger charge is -2.06. The summed E-state index contributed by atoms with van der Waals surface area (Å²) in [5, 5.41) is 2.90. The lowest BCUT2D eigenvalue weighted by molar-refractivity contribution is -0.121. The largest absolute Gasteiger partial charge is 0.356 e. The van der Waals surface area contributed by atoms with Crippen molar-refractivity contribution < 1.29 is 9.18 Å². The standard InChI is InChI=1S/C21H24FN3O2S/c1-2-24-18-6-3-4-7-19(18)25(21(24)27)14-12-20(26)23-13-5-15-28-17-10-8-16(22)9-11-17/h3-4,6-11H,2,5,12-15H2,1H3,(H,23,26). The van der Waals surface area contributed by atoms with Crippen molar-refractivity contribution in [3.63, 3.8) is 0 Å². The third-order valence-corrected chi connectivity index (χ3v) is 5.63. The number of benzene rings is 2. The van der Waals surface area contributed by atoms with Crippen LogP contribution >= 0.6 is 11.8 Å². The summed E-state index contributed by atoms with van der Waals surface area (Å²) in [5.74, 6) is 0.541. The summed E-state index contributed by atoms with van der Waals surface area (Å²) in [6, 6.07) is 14.0. The lowest BCUT2D eigenvalue weighted by Crippen LogP contribution is -2.29. The minimum atomic E-state index is -0.238. The smallest absolute Gasteiger partial charge is 0.329 e. The predicted molar refractivity (Wildman–Crippen MR) is 111 cm³/mol. The Morgan fingerprint density at radius 3 is 2.43 bits per heavy atom. The average Bonchev–Trinajstić information content (AvgIpc) is 2.98. The molecule has 0 atom stereocenters. The number of rotatable bonds is 9. The monoisotopic (exact) mass is 401 g/mol. The number of amides is 1. The fraction of sp³-hybridized carbons (Fsp3) is 0.333. The molecule has 1 aromatic heterocycles. The Labute approximate surface area is 167 Å². The Morgan fingerprint density at radius 1 is 1.07 bits per heavy atom. The Morgan fingerprint density at radius 2 is 1.75 bits per heavy atom. The van der Waals surface area contributed by atoms with Gasteiger partial charge in [-0.1, -0.05) is 12.1 Å². The van der Waals surface area contributed by atoms with Gasteiger partial charge < -0.3 is 5.32 Å². The highest BCUT2D eigenvalue weighted by Crippen LogP contribution is 2.18. The van der Waals surface area contributed by atoms with Crippen molar-refractivity contribution >= 4 is 28.7 Å². The summed E-state index contributed by atoms with van der Waals surface area (Å²) in [4.78, 5) is 25.7. The van der Waals surface area contributed by atoms with Gasteiger partial charge in [-0.3, -0.25) is 13.9 Å². The number of fused-ring (bicyclic) bond motifs is 1. The molecule has 0 aliphatic carbocycles. The van der Waals surface area contributed by atoms with Gasteiger partial charge >= 0.3 is 5.69 Å². The zero-order chi connectivity index (χ0) is 19.9. The van der Waals surface area contributed by atoms with Gasteiger partial charge in [-0.05, 0) is 55.5 Å². The molecule has 1 N–H and O–H groups in total. The average molecular weight is 402 g/mol. The normalized spacial score (nSPS) is 11.1. The maximum Gasteiger partial charge on any atom is 0.329 e. The van der Waals surface area contributed by atoms with Crippen LogP contribution in [-0.4, -0.2) is 27.3 Å². The van der Waals surface area contributed by atoms with E-state index in [0.717, 1.165) is 28.1 Å². The molecule has 2 aromatic carbocycles. The van der Waals surface area contributed by atoms with Crippen molar-refractivity contribution in [1.82, 2.24) is 14.5 Å². The SMILES string of the molecule is CCn1c(=O)n(CCC(=O)NCCCSc2ccc(F)cc2)c2ccccc21. The number of hydrogen-bond donors (Lipinski definition) is 1. The van der Waals surface area contributed by atoms with Gasteiger partial charge in [-0.15, -0.1) is 11.8 Å². The van der Waals surface area contributed by atoms with E-state index in [9.17, 15) is 14.0 Å². The number of hydrogen-bond acceptors (Lipinski definition) is 3. The minimum Gasteiger partial charge on any atom is -0.356 e. The van der Waals surface area contributed by atoms with Crippen molar-refractivity contribution in [2.45, 2.75) is 37.8 Å². The molecule has 5 nitrogen and oxygen atoms in total. The van der Waals surface area contributed by atoms with Crippen LogP contribution < -0.4 is 11.0 Å². The van der Waals surface area contributed by atoms with E-state index in [1.54, 1.807) is 33.0 Å². The third-order valence-electron chi connectivity index (χ3n) is 4.53. The fourth-order valence-electron chi connectivity index (χ4n) is 3.12. The number of halogens is 1. The summed E-state index contributed by atoms with van der Waals surface area (Å²) < 4.78 is 16.3. The van der Waals surface area contributed by atoms with Crippen LogP contribution in [0.15, 0.2) is 58.2 Å². The second-order valence-corrected chi connectivity index (χ2v) is 7.59. The zero-order valence-corrected chi connectivity index (χ0v) is 16.7. The highest BCUT2D eigenvalue weighted by molar-refractivity contribution is 7.99. The number of para-hydroxylation sites is 2. The molecule has 0 saturated carbocycles. The molecule has 0 unspecified atom stereocenters. The van der Waals surface area contributed by atoms with Crippen LogP contribution in [-0.2, 0) is 17.9 Å². The van der Waals surface area contributed by atoms with Gasteiger partial charge in [0.25, 0.3) is 0 Å². The Bertz CT molecular complexity index is 995. The van der Waals surface area contributed by atoms with Crippen LogP contribution in [0.5, 0.6) is 0 Å². The van der Waals surface area contributed by atoms with Crippen LogP contribution in [0.3, 0.4) is 0 Å². The van der Waals surface area contributed by atoms with Crippen molar-refractivity contribution in [1.29, 1.82) is 0 Å². The molecular weight excluding hydrogens is 377 g/mol. The van der Waals surface area contributed by atoms with Crippen LogP contribution in [0.4, 0.5) is 4.39 Å². The maximum absolute atomic E-state index is 12.9. The van der Waals surface area contributed by atoms with Crippen molar-refractivity contribution in [3.8, 4) is 0 Å². The van der Waals surface area contributed by atoms with E-state index in [4.69, 9.17) is 0 Å². The predicted octanol–water partition coefficient (Wildman–Crippen LogP) is 3.65. The van der Waals surface area contributed by atoms with Crippen LogP contribution in [0.2, 0.25) is 0 Å². The third kappa shape index (κ3) is 4.84. The number of carbonyl (C=O) groups excluding carboxylic acids is 1. The molecule has 0 aliphatic heterocycles. The summed E-state index contributed by atoms with van der Waals surface area (Å²) in [6.07, 6.45) is 1.09. The summed E-state index contributed by atoms with van der Waals surface area (Å²) in [7, 11) is 0. The second kappa shape index (κ2) is 9.59. The van der Waals surface area contributed by atoms with E-state index in [-0.39, 0.29) is 23.8 Å². The first-order valence-electron chi connectivity index (χ1n) is 9.43. The molecular formula is C21H24FN3O2S. The van der Waals surface area contributed by atoms with Crippen molar-refractivity contribution in [2.24, 2.45) is 0 Å². The number of imidazole rings is 1. The molecule has 0 spiro atoms. The molecule has 1 amide bonds. The molecule has 28 heavy (non-hydrogen) atoms. The second-order valence-electron chi connectivity index (χ2n) is 6.42. The number of carbonyl (C=O) groups is 1. The summed E-state index contributed by atoms with van der Waals surface area (Å²) >= 11 is 1.63. The Hall–Kier alpha value is -2.54. The maximum atomic E-state index is 12.9. The molecule has 148 valence electrons. The van der Waals surface area contributed by atoms with E-state index in [0.29, 0.717) is 19.6 Å². The van der Waals surface area contributed by atoms with E-state index in [2.05, 4.69) is 5.32 Å². The molecule has 3 rings (SSSR count). The summed E-state index contributed by atoms with van der Waals surface area (Å²) in [5.41, 5.74) is 1.68. The van der Waals surface area contributed by atoms with Crippen LogP contribution in [0, 0.1) is 5.82 Å². The van der Waals surface area contributed by atoms with E-state index >= 15 is 0 Å². The van der Waals surface area contributed by atoms with Crippen molar-refractivity contribution in [2.75, 3.05) is 12.3 Å². The van der Waals surface area contributed by atoms with Crippen LogP contribution in [0.1, 0.15) is 19.8 Å². The quantitative estimate of drug-likeness (QED) is 0.440. The van der Waals surface area contributed by atoms with Gasteiger partial charge in [0.05, 0.1) is 11.0 Å². The number of nitrogens with one attached hydrogen (secondary N) is 1. The first kappa shape index (κ1) is 20.2. The van der Waals surface area contributed by atoms with E-state index in [1.165, 1.54) is 12.1 Å². The molecule has 3 aromatic rings. The fourth-order valence-corrected chi connectivity index (χ4v) is 3.97. The number of nitrogens with zero attached hydrogens (tertiary/aromatic N) is 2. The van der Waals surface area contributed by atoms with Gasteiger partial charge in [0, 0.05) is 31.0 Å². The molecule has 0 radical (unpaired) electrons. The van der Waals surface area contributed by atoms with E-state index in [1.807, 2.05) is 31.2 Å². The number of aromatic nitrogens is 2. The Kier molecular flexibility index (Phi) is 6.92. The molecule has 1 heterocycles. The molecule has 0 saturated heterocycles. The van der Waals surface area contributed by atoms with E-state index < -0.39 is 0 Å².